The van der Waals surface area contributed by atoms with Crippen molar-refractivity contribution in [1.29, 1.82) is 0 Å². The minimum absolute atomic E-state index is 0.162. The minimum atomic E-state index is 0.162. The summed E-state index contributed by atoms with van der Waals surface area (Å²) >= 11 is 0. The highest BCUT2D eigenvalue weighted by Crippen LogP contribution is 2.34. The van der Waals surface area contributed by atoms with Crippen LogP contribution in [0.25, 0.3) is 0 Å². The Morgan fingerprint density at radius 3 is 2.82 bits per heavy atom. The molecule has 1 heterocycles. The zero-order valence-corrected chi connectivity index (χ0v) is 10.9. The van der Waals surface area contributed by atoms with Crippen LogP contribution in [0.15, 0.2) is 0 Å². The molecule has 0 aromatic heterocycles. The third-order valence-electron chi connectivity index (χ3n) is 4.36. The molecule has 0 bridgehead atoms. The number of piperazine rings is 1. The van der Waals surface area contributed by atoms with Crippen molar-refractivity contribution in [3.05, 3.63) is 0 Å². The Bertz CT molecular complexity index is 253. The second-order valence-electron chi connectivity index (χ2n) is 5.37. The van der Waals surface area contributed by atoms with E-state index in [0.717, 1.165) is 26.2 Å². The molecule has 98 valence electrons. The summed E-state index contributed by atoms with van der Waals surface area (Å²) in [5.41, 5.74) is 0.352. The van der Waals surface area contributed by atoms with E-state index in [2.05, 4.69) is 15.5 Å². The molecular weight excluding hydrogens is 214 g/mol. The summed E-state index contributed by atoms with van der Waals surface area (Å²) in [6.45, 7) is 4.19. The van der Waals surface area contributed by atoms with Gasteiger partial charge in [0.2, 0.25) is 5.91 Å². The van der Waals surface area contributed by atoms with Crippen molar-refractivity contribution >= 4 is 5.91 Å². The van der Waals surface area contributed by atoms with Gasteiger partial charge in [-0.25, -0.2) is 0 Å². The van der Waals surface area contributed by atoms with Crippen LogP contribution in [0.5, 0.6) is 0 Å². The molecule has 1 saturated carbocycles. The maximum absolute atomic E-state index is 11.4. The van der Waals surface area contributed by atoms with Gasteiger partial charge >= 0.3 is 0 Å². The van der Waals surface area contributed by atoms with Crippen LogP contribution in [0.3, 0.4) is 0 Å². The molecular formula is C13H25N3O. The predicted molar refractivity (Wildman–Crippen MR) is 68.9 cm³/mol. The Balaban J connectivity index is 1.94. The standard InChI is InChI=1S/C13H25N3O/c1-14-12(17)5-9-16-10-8-15-11-13(16)6-3-2-4-7-13/h15H,2-11H2,1H3,(H,14,17). The lowest BCUT2D eigenvalue weighted by Gasteiger charge is -2.50. The summed E-state index contributed by atoms with van der Waals surface area (Å²) in [4.78, 5) is 13.9. The molecule has 1 aliphatic heterocycles. The molecule has 1 saturated heterocycles. The van der Waals surface area contributed by atoms with Crippen LogP contribution in [0.4, 0.5) is 0 Å². The number of amides is 1. The molecule has 0 atom stereocenters. The van der Waals surface area contributed by atoms with Crippen LogP contribution in [0.1, 0.15) is 38.5 Å². The Labute approximate surface area is 104 Å². The van der Waals surface area contributed by atoms with Crippen LogP contribution in [-0.4, -0.2) is 49.6 Å². The largest absolute Gasteiger partial charge is 0.359 e. The highest BCUT2D eigenvalue weighted by molar-refractivity contribution is 5.75. The lowest BCUT2D eigenvalue weighted by atomic mass is 9.79. The zero-order chi connectivity index (χ0) is 12.1. The molecule has 0 aromatic rings. The van der Waals surface area contributed by atoms with E-state index in [1.165, 1.54) is 32.1 Å². The van der Waals surface area contributed by atoms with Crippen molar-refractivity contribution in [2.75, 3.05) is 33.2 Å². The van der Waals surface area contributed by atoms with Crippen LogP contribution in [0, 0.1) is 0 Å². The summed E-state index contributed by atoms with van der Waals surface area (Å²) in [5.74, 6) is 0.162. The van der Waals surface area contributed by atoms with Gasteiger partial charge < -0.3 is 10.6 Å². The van der Waals surface area contributed by atoms with Crippen LogP contribution < -0.4 is 10.6 Å². The molecule has 1 aliphatic carbocycles. The van der Waals surface area contributed by atoms with Gasteiger partial charge in [0.25, 0.3) is 0 Å². The fraction of sp³-hybridized carbons (Fsp3) is 0.923. The van der Waals surface area contributed by atoms with Gasteiger partial charge in [0.05, 0.1) is 0 Å². The third kappa shape index (κ3) is 2.99. The maximum atomic E-state index is 11.4. The maximum Gasteiger partial charge on any atom is 0.221 e. The van der Waals surface area contributed by atoms with E-state index >= 15 is 0 Å². The number of hydrogen-bond donors (Lipinski definition) is 2. The van der Waals surface area contributed by atoms with E-state index in [0.29, 0.717) is 12.0 Å². The first kappa shape index (κ1) is 12.8. The van der Waals surface area contributed by atoms with Gasteiger partial charge in [-0.05, 0) is 12.8 Å². The van der Waals surface area contributed by atoms with Crippen molar-refractivity contribution in [2.45, 2.75) is 44.1 Å². The summed E-state index contributed by atoms with van der Waals surface area (Å²) in [7, 11) is 1.72. The van der Waals surface area contributed by atoms with E-state index in [1.807, 2.05) is 0 Å². The fourth-order valence-electron chi connectivity index (χ4n) is 3.30. The number of carbonyl (C=O) groups is 1. The van der Waals surface area contributed by atoms with Crippen LogP contribution in [-0.2, 0) is 4.79 Å². The zero-order valence-electron chi connectivity index (χ0n) is 10.9. The van der Waals surface area contributed by atoms with Gasteiger partial charge in [0.1, 0.15) is 0 Å². The van der Waals surface area contributed by atoms with Gasteiger partial charge in [0.15, 0.2) is 0 Å². The average Bonchev–Trinajstić information content (AvgIpc) is 2.38. The van der Waals surface area contributed by atoms with E-state index in [9.17, 15) is 4.79 Å². The van der Waals surface area contributed by atoms with Gasteiger partial charge in [0, 0.05) is 45.2 Å². The predicted octanol–water partition coefficient (Wildman–Crippen LogP) is 0.731. The average molecular weight is 239 g/mol. The summed E-state index contributed by atoms with van der Waals surface area (Å²) in [6.07, 6.45) is 7.31. The molecule has 0 unspecified atom stereocenters. The third-order valence-corrected chi connectivity index (χ3v) is 4.36. The quantitative estimate of drug-likeness (QED) is 0.763. The molecule has 2 fully saturated rings. The van der Waals surface area contributed by atoms with Crippen LogP contribution >= 0.6 is 0 Å². The molecule has 0 aromatic carbocycles. The second-order valence-corrected chi connectivity index (χ2v) is 5.37. The van der Waals surface area contributed by atoms with E-state index in [4.69, 9.17) is 0 Å². The van der Waals surface area contributed by atoms with E-state index in [-0.39, 0.29) is 5.91 Å². The Morgan fingerprint density at radius 1 is 1.35 bits per heavy atom. The van der Waals surface area contributed by atoms with Gasteiger partial charge in [-0.3, -0.25) is 9.69 Å². The van der Waals surface area contributed by atoms with Crippen molar-refractivity contribution in [3.8, 4) is 0 Å². The van der Waals surface area contributed by atoms with Crippen molar-refractivity contribution in [1.82, 2.24) is 15.5 Å². The summed E-state index contributed by atoms with van der Waals surface area (Å²) in [6, 6.07) is 0. The highest BCUT2D eigenvalue weighted by atomic mass is 16.1. The molecule has 4 nitrogen and oxygen atoms in total. The minimum Gasteiger partial charge on any atom is -0.359 e. The van der Waals surface area contributed by atoms with Gasteiger partial charge in [-0.1, -0.05) is 19.3 Å². The lowest BCUT2D eigenvalue weighted by Crippen LogP contribution is -2.62. The number of nitrogens with zero attached hydrogens (tertiary/aromatic N) is 1. The van der Waals surface area contributed by atoms with Crippen molar-refractivity contribution in [3.63, 3.8) is 0 Å². The second kappa shape index (κ2) is 5.83. The molecule has 2 rings (SSSR count). The monoisotopic (exact) mass is 239 g/mol. The highest BCUT2D eigenvalue weighted by Gasteiger charge is 2.39. The van der Waals surface area contributed by atoms with E-state index < -0.39 is 0 Å². The first-order valence-electron chi connectivity index (χ1n) is 6.93. The summed E-state index contributed by atoms with van der Waals surface area (Å²) < 4.78 is 0. The molecule has 17 heavy (non-hydrogen) atoms. The number of carbonyl (C=O) groups excluding carboxylic acids is 1. The van der Waals surface area contributed by atoms with Gasteiger partial charge in [-0.15, -0.1) is 0 Å². The first-order valence-corrected chi connectivity index (χ1v) is 6.93. The van der Waals surface area contributed by atoms with Crippen molar-refractivity contribution in [2.24, 2.45) is 0 Å². The van der Waals surface area contributed by atoms with Crippen molar-refractivity contribution < 1.29 is 4.79 Å². The summed E-state index contributed by atoms with van der Waals surface area (Å²) in [5, 5.41) is 6.25. The topological polar surface area (TPSA) is 44.4 Å². The molecule has 4 heteroatoms. The molecule has 1 amide bonds. The van der Waals surface area contributed by atoms with E-state index in [1.54, 1.807) is 7.05 Å². The SMILES string of the molecule is CNC(=O)CCN1CCNCC12CCCCC2. The fourth-order valence-corrected chi connectivity index (χ4v) is 3.30. The molecule has 0 radical (unpaired) electrons. The Hall–Kier alpha value is -0.610. The van der Waals surface area contributed by atoms with Gasteiger partial charge in [-0.2, -0.15) is 0 Å². The normalized spacial score (nSPS) is 24.8. The number of nitrogens with one attached hydrogen (secondary N) is 2. The molecule has 1 spiro atoms. The number of rotatable bonds is 3. The smallest absolute Gasteiger partial charge is 0.221 e. The first-order chi connectivity index (χ1) is 8.27. The molecule has 2 aliphatic rings. The number of hydrogen-bond acceptors (Lipinski definition) is 3. The van der Waals surface area contributed by atoms with Crippen LogP contribution in [0.2, 0.25) is 0 Å². The Kier molecular flexibility index (Phi) is 4.40. The lowest BCUT2D eigenvalue weighted by molar-refractivity contribution is -0.121. The Morgan fingerprint density at radius 2 is 2.12 bits per heavy atom. The molecule has 2 N–H and O–H groups in total.